The van der Waals surface area contributed by atoms with Gasteiger partial charge in [0.1, 0.15) is 11.9 Å². The Labute approximate surface area is 157 Å². The van der Waals surface area contributed by atoms with Crippen LogP contribution in [0.5, 0.6) is 0 Å². The first-order valence-electron chi connectivity index (χ1n) is 9.42. The van der Waals surface area contributed by atoms with Gasteiger partial charge in [0.15, 0.2) is 0 Å². The molecule has 2 aromatic rings. The Kier molecular flexibility index (Phi) is 3.82. The largest absolute Gasteiger partial charge is 0.374 e. The molecule has 5 rings (SSSR count). The van der Waals surface area contributed by atoms with E-state index in [1.807, 2.05) is 25.1 Å². The third-order valence-corrected chi connectivity index (χ3v) is 5.85. The zero-order valence-electron chi connectivity index (χ0n) is 15.2. The van der Waals surface area contributed by atoms with E-state index in [2.05, 4.69) is 21.6 Å². The van der Waals surface area contributed by atoms with Crippen molar-refractivity contribution in [1.29, 1.82) is 0 Å². The van der Waals surface area contributed by atoms with Gasteiger partial charge in [-0.05, 0) is 43.2 Å². The summed E-state index contributed by atoms with van der Waals surface area (Å²) in [5.74, 6) is -0.403. The molecule has 2 aromatic carbocycles. The number of hydrogen-bond donors (Lipinski definition) is 2. The summed E-state index contributed by atoms with van der Waals surface area (Å²) >= 11 is 0. The van der Waals surface area contributed by atoms with E-state index in [1.54, 1.807) is 6.07 Å². The van der Waals surface area contributed by atoms with Crippen molar-refractivity contribution in [3.63, 3.8) is 0 Å². The molecule has 5 nitrogen and oxygen atoms in total. The summed E-state index contributed by atoms with van der Waals surface area (Å²) < 4.78 is 19.7. The molecule has 27 heavy (non-hydrogen) atoms. The zero-order chi connectivity index (χ0) is 18.5. The Morgan fingerprint density at radius 2 is 2.22 bits per heavy atom. The van der Waals surface area contributed by atoms with Crippen LogP contribution in [0, 0.1) is 12.7 Å². The van der Waals surface area contributed by atoms with Crippen LogP contribution < -0.4 is 15.5 Å². The fourth-order valence-electron chi connectivity index (χ4n) is 4.44. The summed E-state index contributed by atoms with van der Waals surface area (Å²) in [6.07, 6.45) is 1.76. The molecular formula is C21H22FN3O2. The first kappa shape index (κ1) is 16.6. The molecule has 2 bridgehead atoms. The van der Waals surface area contributed by atoms with Crippen LogP contribution in [-0.2, 0) is 16.0 Å². The van der Waals surface area contributed by atoms with E-state index in [1.165, 1.54) is 6.07 Å². The lowest BCUT2D eigenvalue weighted by molar-refractivity contribution is -0.116. The standard InChI is InChI=1S/C21H22FN3O2/c1-12-5-6-18(22)17-9-19(24-20(12)17)21(26)23-13-3-2-4-14(7-13)25-10-16-8-15(25)11-27-16/h2-7,15-16,19,24H,8-11H2,1H3,(H,23,26). The van der Waals surface area contributed by atoms with Gasteiger partial charge in [-0.2, -0.15) is 0 Å². The predicted octanol–water partition coefficient (Wildman–Crippen LogP) is 3.09. The molecule has 3 atom stereocenters. The monoisotopic (exact) mass is 367 g/mol. The van der Waals surface area contributed by atoms with Crippen LogP contribution in [-0.4, -0.2) is 37.2 Å². The average molecular weight is 367 g/mol. The summed E-state index contributed by atoms with van der Waals surface area (Å²) in [6.45, 7) is 3.60. The highest BCUT2D eigenvalue weighted by atomic mass is 19.1. The Morgan fingerprint density at radius 1 is 1.33 bits per heavy atom. The average Bonchev–Trinajstić information content (AvgIpc) is 3.40. The predicted molar refractivity (Wildman–Crippen MR) is 103 cm³/mol. The van der Waals surface area contributed by atoms with E-state index in [9.17, 15) is 9.18 Å². The van der Waals surface area contributed by atoms with Crippen molar-refractivity contribution in [3.05, 3.63) is 53.3 Å². The Bertz CT molecular complexity index is 885. The number of rotatable bonds is 3. The molecule has 3 aliphatic heterocycles. The zero-order valence-corrected chi connectivity index (χ0v) is 15.2. The lowest BCUT2D eigenvalue weighted by Gasteiger charge is -2.29. The molecule has 0 saturated carbocycles. The van der Waals surface area contributed by atoms with Crippen molar-refractivity contribution in [2.24, 2.45) is 0 Å². The second-order valence-corrected chi connectivity index (χ2v) is 7.66. The van der Waals surface area contributed by atoms with Gasteiger partial charge >= 0.3 is 0 Å². The van der Waals surface area contributed by atoms with Crippen molar-refractivity contribution in [1.82, 2.24) is 0 Å². The number of nitrogens with zero attached hydrogens (tertiary/aromatic N) is 1. The minimum absolute atomic E-state index is 0.145. The van der Waals surface area contributed by atoms with Crippen molar-refractivity contribution in [2.45, 2.75) is 38.0 Å². The first-order chi connectivity index (χ1) is 13.1. The van der Waals surface area contributed by atoms with Crippen LogP contribution in [0.15, 0.2) is 36.4 Å². The van der Waals surface area contributed by atoms with Crippen LogP contribution in [0.3, 0.4) is 0 Å². The van der Waals surface area contributed by atoms with Gasteiger partial charge in [0.2, 0.25) is 5.91 Å². The van der Waals surface area contributed by atoms with Gasteiger partial charge in [-0.25, -0.2) is 4.39 Å². The summed E-state index contributed by atoms with van der Waals surface area (Å²) in [5.41, 5.74) is 4.16. The van der Waals surface area contributed by atoms with Crippen molar-refractivity contribution in [2.75, 3.05) is 28.7 Å². The van der Waals surface area contributed by atoms with Gasteiger partial charge in [0.25, 0.3) is 0 Å². The number of benzene rings is 2. The highest BCUT2D eigenvalue weighted by Crippen LogP contribution is 2.34. The number of carbonyl (C=O) groups excluding carboxylic acids is 1. The highest BCUT2D eigenvalue weighted by molar-refractivity contribution is 5.98. The molecule has 140 valence electrons. The molecule has 2 fully saturated rings. The molecule has 6 heteroatoms. The second kappa shape index (κ2) is 6.23. The number of morpholine rings is 1. The maximum Gasteiger partial charge on any atom is 0.247 e. The summed E-state index contributed by atoms with van der Waals surface area (Å²) in [5, 5.41) is 6.16. The van der Waals surface area contributed by atoms with E-state index in [0.717, 1.165) is 42.2 Å². The van der Waals surface area contributed by atoms with Crippen LogP contribution in [0.1, 0.15) is 17.5 Å². The van der Waals surface area contributed by atoms with Crippen LogP contribution >= 0.6 is 0 Å². The molecule has 2 N–H and O–H groups in total. The summed E-state index contributed by atoms with van der Waals surface area (Å²) in [7, 11) is 0. The third kappa shape index (κ3) is 2.84. The minimum Gasteiger partial charge on any atom is -0.374 e. The topological polar surface area (TPSA) is 53.6 Å². The van der Waals surface area contributed by atoms with Gasteiger partial charge in [-0.3, -0.25) is 4.79 Å². The lowest BCUT2D eigenvalue weighted by atomic mass is 10.1. The van der Waals surface area contributed by atoms with E-state index in [0.29, 0.717) is 24.1 Å². The molecule has 0 aromatic heterocycles. The molecule has 0 spiro atoms. The molecule has 0 radical (unpaired) electrons. The fourth-order valence-corrected chi connectivity index (χ4v) is 4.44. The van der Waals surface area contributed by atoms with Gasteiger partial charge < -0.3 is 20.3 Å². The van der Waals surface area contributed by atoms with Crippen molar-refractivity contribution >= 4 is 23.0 Å². The van der Waals surface area contributed by atoms with E-state index < -0.39 is 6.04 Å². The van der Waals surface area contributed by atoms with Crippen LogP contribution in [0.2, 0.25) is 0 Å². The van der Waals surface area contributed by atoms with E-state index >= 15 is 0 Å². The third-order valence-electron chi connectivity index (χ3n) is 5.85. The number of hydrogen-bond acceptors (Lipinski definition) is 4. The smallest absolute Gasteiger partial charge is 0.247 e. The maximum atomic E-state index is 14.0. The number of anilines is 3. The van der Waals surface area contributed by atoms with E-state index in [4.69, 9.17) is 4.74 Å². The van der Waals surface area contributed by atoms with Gasteiger partial charge in [-0.1, -0.05) is 12.1 Å². The van der Waals surface area contributed by atoms with Crippen LogP contribution in [0.25, 0.3) is 0 Å². The van der Waals surface area contributed by atoms with Crippen LogP contribution in [0.4, 0.5) is 21.5 Å². The molecule has 3 unspecified atom stereocenters. The second-order valence-electron chi connectivity index (χ2n) is 7.66. The molecule has 0 aliphatic carbocycles. The van der Waals surface area contributed by atoms with E-state index in [-0.39, 0.29) is 11.7 Å². The van der Waals surface area contributed by atoms with Crippen molar-refractivity contribution < 1.29 is 13.9 Å². The number of carbonyl (C=O) groups is 1. The number of halogens is 1. The molecule has 3 heterocycles. The first-order valence-corrected chi connectivity index (χ1v) is 9.42. The Balaban J connectivity index is 1.30. The molecule has 1 amide bonds. The molecule has 2 saturated heterocycles. The molecular weight excluding hydrogens is 345 g/mol. The highest BCUT2D eigenvalue weighted by Gasteiger charge is 2.39. The minimum atomic E-state index is -0.463. The quantitative estimate of drug-likeness (QED) is 0.875. The van der Waals surface area contributed by atoms with Gasteiger partial charge in [0.05, 0.1) is 18.8 Å². The molecule has 3 aliphatic rings. The number of amides is 1. The number of ether oxygens (including phenoxy) is 1. The van der Waals surface area contributed by atoms with Gasteiger partial charge in [0, 0.05) is 35.6 Å². The Morgan fingerprint density at radius 3 is 2.96 bits per heavy atom. The number of aryl methyl sites for hydroxylation is 1. The summed E-state index contributed by atoms with van der Waals surface area (Å²) in [6, 6.07) is 11.1. The Hall–Kier alpha value is -2.60. The van der Waals surface area contributed by atoms with Gasteiger partial charge in [-0.15, -0.1) is 0 Å². The lowest BCUT2D eigenvalue weighted by Crippen LogP contribution is -2.37. The number of fused-ring (bicyclic) bond motifs is 3. The SMILES string of the molecule is Cc1ccc(F)c2c1NC(C(=O)Nc1cccc(N3CC4CC3CO4)c1)C2. The maximum absolute atomic E-state index is 14.0. The van der Waals surface area contributed by atoms with Crippen molar-refractivity contribution in [3.8, 4) is 0 Å². The normalized spacial score (nSPS) is 25.4. The fraction of sp³-hybridized carbons (Fsp3) is 0.381. The number of nitrogens with one attached hydrogen (secondary N) is 2. The summed E-state index contributed by atoms with van der Waals surface area (Å²) in [4.78, 5) is 15.1.